The number of aryl methyl sites for hydroxylation is 1. The van der Waals surface area contributed by atoms with Crippen molar-refractivity contribution in [2.75, 3.05) is 19.6 Å². The van der Waals surface area contributed by atoms with Crippen molar-refractivity contribution in [2.45, 2.75) is 20.3 Å². The number of likely N-dealkylation sites (tertiary alicyclic amines) is 1. The van der Waals surface area contributed by atoms with Crippen LogP contribution in [0.4, 0.5) is 5.69 Å². The molecule has 0 radical (unpaired) electrons. The molecule has 21 heavy (non-hydrogen) atoms. The van der Waals surface area contributed by atoms with Gasteiger partial charge in [0.2, 0.25) is 0 Å². The number of amides is 1. The van der Waals surface area contributed by atoms with E-state index in [-0.39, 0.29) is 11.6 Å². The standard InChI is InChI=1S/C15H21N3O3/c1-10-5-6-17(9-13(10)8-16)15(19)12-4-3-11(2)14(7-12)18(20)21/h3-4,7,10,13H,5-6,8-9,16H2,1-2H3. The highest BCUT2D eigenvalue weighted by Crippen LogP contribution is 2.25. The molecule has 1 aromatic carbocycles. The first-order chi connectivity index (χ1) is 9.93. The Hall–Kier alpha value is -1.95. The Labute approximate surface area is 124 Å². The van der Waals surface area contributed by atoms with Crippen LogP contribution in [0.3, 0.4) is 0 Å². The second-order valence-electron chi connectivity index (χ2n) is 5.77. The van der Waals surface area contributed by atoms with E-state index < -0.39 is 4.92 Å². The average Bonchev–Trinajstić information content (AvgIpc) is 2.47. The number of carbonyl (C=O) groups is 1. The maximum Gasteiger partial charge on any atom is 0.273 e. The Morgan fingerprint density at radius 2 is 2.24 bits per heavy atom. The zero-order valence-electron chi connectivity index (χ0n) is 12.4. The van der Waals surface area contributed by atoms with Crippen molar-refractivity contribution >= 4 is 11.6 Å². The Balaban J connectivity index is 2.20. The lowest BCUT2D eigenvalue weighted by molar-refractivity contribution is -0.385. The predicted molar refractivity (Wildman–Crippen MR) is 80.1 cm³/mol. The third-order valence-corrected chi connectivity index (χ3v) is 4.36. The Morgan fingerprint density at radius 3 is 2.86 bits per heavy atom. The van der Waals surface area contributed by atoms with Crippen molar-refractivity contribution in [1.29, 1.82) is 0 Å². The van der Waals surface area contributed by atoms with Gasteiger partial charge in [-0.25, -0.2) is 0 Å². The van der Waals surface area contributed by atoms with Crippen molar-refractivity contribution in [3.8, 4) is 0 Å². The molecular weight excluding hydrogens is 270 g/mol. The number of rotatable bonds is 3. The van der Waals surface area contributed by atoms with Crippen LogP contribution in [-0.4, -0.2) is 35.4 Å². The fraction of sp³-hybridized carbons (Fsp3) is 0.533. The summed E-state index contributed by atoms with van der Waals surface area (Å²) in [5.74, 6) is 0.651. The van der Waals surface area contributed by atoms with E-state index in [0.29, 0.717) is 42.6 Å². The Bertz CT molecular complexity index is 559. The summed E-state index contributed by atoms with van der Waals surface area (Å²) in [6.07, 6.45) is 0.918. The van der Waals surface area contributed by atoms with Gasteiger partial charge < -0.3 is 10.6 Å². The fourth-order valence-electron chi connectivity index (χ4n) is 2.76. The summed E-state index contributed by atoms with van der Waals surface area (Å²) in [4.78, 5) is 24.8. The van der Waals surface area contributed by atoms with Crippen LogP contribution in [0.25, 0.3) is 0 Å². The molecule has 2 unspecified atom stereocenters. The van der Waals surface area contributed by atoms with Crippen molar-refractivity contribution in [1.82, 2.24) is 4.90 Å². The molecule has 2 atom stereocenters. The van der Waals surface area contributed by atoms with Gasteiger partial charge in [-0.05, 0) is 37.8 Å². The normalized spacial score (nSPS) is 22.1. The summed E-state index contributed by atoms with van der Waals surface area (Å²) in [5.41, 5.74) is 6.67. The maximum atomic E-state index is 12.5. The zero-order valence-corrected chi connectivity index (χ0v) is 12.4. The molecule has 0 aromatic heterocycles. The van der Waals surface area contributed by atoms with Crippen LogP contribution < -0.4 is 5.73 Å². The van der Waals surface area contributed by atoms with E-state index in [1.54, 1.807) is 24.0 Å². The van der Waals surface area contributed by atoms with Gasteiger partial charge in [-0.1, -0.05) is 13.0 Å². The Morgan fingerprint density at radius 1 is 1.52 bits per heavy atom. The molecule has 0 aliphatic carbocycles. The second kappa shape index (κ2) is 6.22. The third-order valence-electron chi connectivity index (χ3n) is 4.36. The molecule has 1 aromatic rings. The van der Waals surface area contributed by atoms with Crippen molar-refractivity contribution in [2.24, 2.45) is 17.6 Å². The fourth-order valence-corrected chi connectivity index (χ4v) is 2.76. The van der Waals surface area contributed by atoms with Gasteiger partial charge in [0.25, 0.3) is 11.6 Å². The number of piperidine rings is 1. The van der Waals surface area contributed by atoms with Gasteiger partial charge in [0.15, 0.2) is 0 Å². The molecule has 1 fully saturated rings. The minimum atomic E-state index is -0.451. The number of benzene rings is 1. The molecular formula is C15H21N3O3. The topological polar surface area (TPSA) is 89.5 Å². The first-order valence-corrected chi connectivity index (χ1v) is 7.18. The van der Waals surface area contributed by atoms with Crippen LogP contribution in [0.15, 0.2) is 18.2 Å². The van der Waals surface area contributed by atoms with E-state index in [1.165, 1.54) is 6.07 Å². The molecule has 2 rings (SSSR count). The van der Waals surface area contributed by atoms with Gasteiger partial charge in [0.1, 0.15) is 0 Å². The van der Waals surface area contributed by atoms with Gasteiger partial charge in [-0.3, -0.25) is 14.9 Å². The van der Waals surface area contributed by atoms with Crippen molar-refractivity contribution in [3.05, 3.63) is 39.4 Å². The van der Waals surface area contributed by atoms with E-state index in [2.05, 4.69) is 6.92 Å². The van der Waals surface area contributed by atoms with Crippen molar-refractivity contribution in [3.63, 3.8) is 0 Å². The van der Waals surface area contributed by atoms with Gasteiger partial charge in [0.05, 0.1) is 4.92 Å². The highest BCUT2D eigenvalue weighted by atomic mass is 16.6. The molecule has 1 saturated heterocycles. The van der Waals surface area contributed by atoms with Gasteiger partial charge in [0, 0.05) is 30.3 Å². The zero-order chi connectivity index (χ0) is 15.6. The van der Waals surface area contributed by atoms with E-state index in [4.69, 9.17) is 5.73 Å². The van der Waals surface area contributed by atoms with E-state index in [9.17, 15) is 14.9 Å². The van der Waals surface area contributed by atoms with E-state index in [1.807, 2.05) is 0 Å². The van der Waals surface area contributed by atoms with Crippen LogP contribution in [0, 0.1) is 28.9 Å². The molecule has 114 valence electrons. The number of hydrogen-bond acceptors (Lipinski definition) is 4. The van der Waals surface area contributed by atoms with Gasteiger partial charge in [-0.15, -0.1) is 0 Å². The van der Waals surface area contributed by atoms with Crippen LogP contribution in [0.2, 0.25) is 0 Å². The molecule has 1 heterocycles. The first-order valence-electron chi connectivity index (χ1n) is 7.18. The molecule has 6 nitrogen and oxygen atoms in total. The van der Waals surface area contributed by atoms with Crippen LogP contribution >= 0.6 is 0 Å². The summed E-state index contributed by atoms with van der Waals surface area (Å²) in [6.45, 7) is 5.67. The predicted octanol–water partition coefficient (Wildman–Crippen LogP) is 1.96. The smallest absolute Gasteiger partial charge is 0.273 e. The minimum Gasteiger partial charge on any atom is -0.338 e. The highest BCUT2D eigenvalue weighted by Gasteiger charge is 2.29. The number of nitrogens with zero attached hydrogens (tertiary/aromatic N) is 2. The van der Waals surface area contributed by atoms with Crippen LogP contribution in [-0.2, 0) is 0 Å². The van der Waals surface area contributed by atoms with Crippen LogP contribution in [0.5, 0.6) is 0 Å². The molecule has 0 saturated carbocycles. The Kier molecular flexibility index (Phi) is 4.57. The van der Waals surface area contributed by atoms with Gasteiger partial charge in [-0.2, -0.15) is 0 Å². The van der Waals surface area contributed by atoms with Crippen molar-refractivity contribution < 1.29 is 9.72 Å². The number of hydrogen-bond donors (Lipinski definition) is 1. The summed E-state index contributed by atoms with van der Waals surface area (Å²) in [6, 6.07) is 4.64. The molecule has 1 aliphatic heterocycles. The molecule has 1 aliphatic rings. The first kappa shape index (κ1) is 15.4. The van der Waals surface area contributed by atoms with Gasteiger partial charge >= 0.3 is 0 Å². The molecule has 1 amide bonds. The molecule has 6 heteroatoms. The summed E-state index contributed by atoms with van der Waals surface area (Å²) < 4.78 is 0. The largest absolute Gasteiger partial charge is 0.338 e. The number of carbonyl (C=O) groups excluding carboxylic acids is 1. The van der Waals surface area contributed by atoms with E-state index >= 15 is 0 Å². The molecule has 0 bridgehead atoms. The maximum absolute atomic E-state index is 12.5. The monoisotopic (exact) mass is 291 g/mol. The SMILES string of the molecule is Cc1ccc(C(=O)N2CCC(C)C(CN)C2)cc1[N+](=O)[O-]. The summed E-state index contributed by atoms with van der Waals surface area (Å²) in [5, 5.41) is 11.0. The lowest BCUT2D eigenvalue weighted by Gasteiger charge is -2.36. The molecule has 2 N–H and O–H groups in total. The quantitative estimate of drug-likeness (QED) is 0.681. The highest BCUT2D eigenvalue weighted by molar-refractivity contribution is 5.95. The second-order valence-corrected chi connectivity index (χ2v) is 5.77. The summed E-state index contributed by atoms with van der Waals surface area (Å²) >= 11 is 0. The molecule has 0 spiro atoms. The number of nitro benzene ring substituents is 1. The van der Waals surface area contributed by atoms with Crippen LogP contribution in [0.1, 0.15) is 29.3 Å². The lowest BCUT2D eigenvalue weighted by atomic mass is 9.87. The lowest BCUT2D eigenvalue weighted by Crippen LogP contribution is -2.45. The average molecular weight is 291 g/mol. The number of nitrogens with two attached hydrogens (primary N) is 1. The van der Waals surface area contributed by atoms with E-state index in [0.717, 1.165) is 6.42 Å². The number of nitro groups is 1. The third kappa shape index (κ3) is 3.21. The summed E-state index contributed by atoms with van der Waals surface area (Å²) in [7, 11) is 0. The minimum absolute atomic E-state index is 0.0124.